The SMILES string of the molecule is CC1(C)OC(=O)C(=CCNc2ccc(Br)nc2)C(=O)O1. The summed E-state index contributed by atoms with van der Waals surface area (Å²) in [6.07, 6.45) is 3.06. The second kappa shape index (κ2) is 5.62. The fourth-order valence-corrected chi connectivity index (χ4v) is 1.81. The number of aromatic nitrogens is 1. The topological polar surface area (TPSA) is 77.5 Å². The van der Waals surface area contributed by atoms with E-state index in [4.69, 9.17) is 9.47 Å². The fraction of sp³-hybridized carbons (Fsp3) is 0.308. The van der Waals surface area contributed by atoms with Gasteiger partial charge in [-0.15, -0.1) is 0 Å². The molecule has 1 aromatic rings. The molecule has 7 heteroatoms. The Morgan fingerprint density at radius 2 is 1.95 bits per heavy atom. The van der Waals surface area contributed by atoms with Crippen molar-refractivity contribution >= 4 is 33.6 Å². The van der Waals surface area contributed by atoms with Crippen molar-refractivity contribution in [1.82, 2.24) is 4.98 Å². The summed E-state index contributed by atoms with van der Waals surface area (Å²) in [5.74, 6) is -2.57. The maximum atomic E-state index is 11.7. The van der Waals surface area contributed by atoms with Crippen LogP contribution in [-0.4, -0.2) is 29.3 Å². The molecule has 106 valence electrons. The summed E-state index contributed by atoms with van der Waals surface area (Å²) in [4.78, 5) is 27.4. The van der Waals surface area contributed by atoms with Crippen molar-refractivity contribution < 1.29 is 19.1 Å². The van der Waals surface area contributed by atoms with E-state index in [2.05, 4.69) is 26.2 Å². The molecule has 1 aliphatic heterocycles. The van der Waals surface area contributed by atoms with E-state index < -0.39 is 17.7 Å². The first-order valence-corrected chi connectivity index (χ1v) is 6.69. The minimum Gasteiger partial charge on any atom is -0.419 e. The first-order valence-electron chi connectivity index (χ1n) is 5.90. The van der Waals surface area contributed by atoms with Crippen molar-refractivity contribution in [2.24, 2.45) is 0 Å². The molecule has 0 spiro atoms. The van der Waals surface area contributed by atoms with Gasteiger partial charge in [0.15, 0.2) is 0 Å². The van der Waals surface area contributed by atoms with Gasteiger partial charge in [0.25, 0.3) is 5.79 Å². The lowest BCUT2D eigenvalue weighted by Crippen LogP contribution is -2.42. The molecule has 0 saturated carbocycles. The largest absolute Gasteiger partial charge is 0.419 e. The molecular weight excluding hydrogens is 328 g/mol. The number of nitrogens with one attached hydrogen (secondary N) is 1. The van der Waals surface area contributed by atoms with Crippen LogP contribution in [0.1, 0.15) is 13.8 Å². The van der Waals surface area contributed by atoms with E-state index in [1.807, 2.05) is 6.07 Å². The van der Waals surface area contributed by atoms with Crippen molar-refractivity contribution in [2.45, 2.75) is 19.6 Å². The zero-order valence-electron chi connectivity index (χ0n) is 11.0. The number of pyridine rings is 1. The monoisotopic (exact) mass is 340 g/mol. The fourth-order valence-electron chi connectivity index (χ4n) is 1.58. The summed E-state index contributed by atoms with van der Waals surface area (Å²) in [7, 11) is 0. The first-order chi connectivity index (χ1) is 9.37. The van der Waals surface area contributed by atoms with E-state index in [1.54, 1.807) is 12.3 Å². The van der Waals surface area contributed by atoms with Crippen LogP contribution in [0, 0.1) is 0 Å². The Morgan fingerprint density at radius 1 is 1.30 bits per heavy atom. The van der Waals surface area contributed by atoms with Crippen LogP contribution in [0.25, 0.3) is 0 Å². The lowest BCUT2D eigenvalue weighted by molar-refractivity contribution is -0.222. The number of carbonyl (C=O) groups is 2. The standard InChI is InChI=1S/C13H13BrN2O4/c1-13(2)19-11(17)9(12(18)20-13)5-6-15-8-3-4-10(14)16-7-8/h3-5,7,15H,6H2,1-2H3. The number of nitrogens with zero attached hydrogens (tertiary/aromatic N) is 1. The van der Waals surface area contributed by atoms with Crippen LogP contribution in [0.5, 0.6) is 0 Å². The molecule has 1 aromatic heterocycles. The van der Waals surface area contributed by atoms with Crippen LogP contribution in [-0.2, 0) is 19.1 Å². The Balaban J connectivity index is 1.99. The molecule has 6 nitrogen and oxygen atoms in total. The summed E-state index contributed by atoms with van der Waals surface area (Å²) in [6.45, 7) is 3.29. The first kappa shape index (κ1) is 14.5. The molecule has 1 saturated heterocycles. The van der Waals surface area contributed by atoms with Gasteiger partial charge >= 0.3 is 11.9 Å². The Kier molecular flexibility index (Phi) is 4.08. The van der Waals surface area contributed by atoms with Gasteiger partial charge in [0, 0.05) is 20.4 Å². The maximum absolute atomic E-state index is 11.7. The van der Waals surface area contributed by atoms with Crippen LogP contribution in [0.2, 0.25) is 0 Å². The lowest BCUT2D eigenvalue weighted by Gasteiger charge is -2.29. The Hall–Kier alpha value is -1.89. The van der Waals surface area contributed by atoms with Gasteiger partial charge in [0.2, 0.25) is 0 Å². The molecule has 0 aliphatic carbocycles. The molecule has 20 heavy (non-hydrogen) atoms. The molecular formula is C13H13BrN2O4. The van der Waals surface area contributed by atoms with E-state index >= 15 is 0 Å². The average Bonchev–Trinajstić information content (AvgIpc) is 2.33. The number of esters is 2. The minimum atomic E-state index is -1.21. The van der Waals surface area contributed by atoms with Gasteiger partial charge in [-0.3, -0.25) is 0 Å². The molecule has 0 radical (unpaired) electrons. The zero-order chi connectivity index (χ0) is 14.8. The molecule has 1 N–H and O–H groups in total. The van der Waals surface area contributed by atoms with Crippen molar-refractivity contribution in [2.75, 3.05) is 11.9 Å². The third-order valence-corrected chi connectivity index (χ3v) is 2.93. The smallest absolute Gasteiger partial charge is 0.348 e. The second-order valence-corrected chi connectivity index (χ2v) is 5.36. The van der Waals surface area contributed by atoms with E-state index in [0.29, 0.717) is 0 Å². The second-order valence-electron chi connectivity index (χ2n) is 4.55. The van der Waals surface area contributed by atoms with Gasteiger partial charge in [-0.05, 0) is 34.1 Å². The Morgan fingerprint density at radius 3 is 2.50 bits per heavy atom. The van der Waals surface area contributed by atoms with Gasteiger partial charge in [0.1, 0.15) is 10.2 Å². The van der Waals surface area contributed by atoms with Crippen LogP contribution >= 0.6 is 15.9 Å². The van der Waals surface area contributed by atoms with Crippen molar-refractivity contribution in [3.63, 3.8) is 0 Å². The van der Waals surface area contributed by atoms with Crippen LogP contribution < -0.4 is 5.32 Å². The summed E-state index contributed by atoms with van der Waals surface area (Å²) in [5.41, 5.74) is 0.657. The van der Waals surface area contributed by atoms with Crippen molar-refractivity contribution in [3.8, 4) is 0 Å². The van der Waals surface area contributed by atoms with Gasteiger partial charge < -0.3 is 14.8 Å². The summed E-state index contributed by atoms with van der Waals surface area (Å²) < 4.78 is 10.7. The Labute approximate surface area is 124 Å². The molecule has 2 rings (SSSR count). The van der Waals surface area contributed by atoms with Gasteiger partial charge in [-0.25, -0.2) is 14.6 Å². The molecule has 0 amide bonds. The van der Waals surface area contributed by atoms with E-state index in [-0.39, 0.29) is 12.1 Å². The number of cyclic esters (lactones) is 2. The molecule has 1 fully saturated rings. The van der Waals surface area contributed by atoms with Gasteiger partial charge in [-0.1, -0.05) is 0 Å². The van der Waals surface area contributed by atoms with Gasteiger partial charge in [-0.2, -0.15) is 0 Å². The highest BCUT2D eigenvalue weighted by Gasteiger charge is 2.38. The molecule has 0 bridgehead atoms. The van der Waals surface area contributed by atoms with E-state index in [1.165, 1.54) is 19.9 Å². The Bertz CT molecular complexity index is 544. The molecule has 1 aliphatic rings. The maximum Gasteiger partial charge on any atom is 0.348 e. The highest BCUT2D eigenvalue weighted by atomic mass is 79.9. The predicted octanol–water partition coefficient (Wildman–Crippen LogP) is 2.02. The van der Waals surface area contributed by atoms with Crippen LogP contribution in [0.4, 0.5) is 5.69 Å². The van der Waals surface area contributed by atoms with Crippen molar-refractivity contribution in [1.29, 1.82) is 0 Å². The van der Waals surface area contributed by atoms with E-state index in [0.717, 1.165) is 10.3 Å². The molecule has 0 aromatic carbocycles. The number of anilines is 1. The number of hydrogen-bond donors (Lipinski definition) is 1. The average molecular weight is 341 g/mol. The predicted molar refractivity (Wildman–Crippen MR) is 74.8 cm³/mol. The number of ether oxygens (including phenoxy) is 2. The third-order valence-electron chi connectivity index (χ3n) is 2.46. The molecule has 2 heterocycles. The van der Waals surface area contributed by atoms with E-state index in [9.17, 15) is 9.59 Å². The van der Waals surface area contributed by atoms with Crippen LogP contribution in [0.15, 0.2) is 34.6 Å². The molecule has 0 atom stereocenters. The minimum absolute atomic E-state index is 0.109. The summed E-state index contributed by atoms with van der Waals surface area (Å²) in [6, 6.07) is 3.59. The summed E-state index contributed by atoms with van der Waals surface area (Å²) >= 11 is 3.23. The summed E-state index contributed by atoms with van der Waals surface area (Å²) in [5, 5.41) is 3.01. The number of hydrogen-bond acceptors (Lipinski definition) is 6. The molecule has 0 unspecified atom stereocenters. The highest BCUT2D eigenvalue weighted by molar-refractivity contribution is 9.10. The quantitative estimate of drug-likeness (QED) is 0.392. The highest BCUT2D eigenvalue weighted by Crippen LogP contribution is 2.22. The van der Waals surface area contributed by atoms with Crippen LogP contribution in [0.3, 0.4) is 0 Å². The van der Waals surface area contributed by atoms with Crippen molar-refractivity contribution in [3.05, 3.63) is 34.6 Å². The third kappa shape index (κ3) is 3.57. The van der Waals surface area contributed by atoms with Gasteiger partial charge in [0.05, 0.1) is 11.9 Å². The number of carbonyl (C=O) groups excluding carboxylic acids is 2. The zero-order valence-corrected chi connectivity index (χ0v) is 12.6. The number of halogens is 1. The normalized spacial score (nSPS) is 17.2. The number of rotatable bonds is 3. The lowest BCUT2D eigenvalue weighted by atomic mass is 10.2.